The summed E-state index contributed by atoms with van der Waals surface area (Å²) < 4.78 is 11.9. The first-order valence-electron chi connectivity index (χ1n) is 6.33. The van der Waals surface area contributed by atoms with Crippen LogP contribution >= 0.6 is 15.9 Å². The molecule has 0 saturated carbocycles. The predicted octanol–water partition coefficient (Wildman–Crippen LogP) is 3.42. The van der Waals surface area contributed by atoms with Crippen LogP contribution in [0.15, 0.2) is 34.8 Å². The van der Waals surface area contributed by atoms with Crippen LogP contribution in [0.3, 0.4) is 0 Å². The molecular weight excluding hydrogens is 334 g/mol. The SMILES string of the molecule is N#Cc1cc(Br)ccc1Nc1cc2c(cc1N)OCCO2. The molecule has 0 atom stereocenters. The Kier molecular flexibility index (Phi) is 3.59. The van der Waals surface area contributed by atoms with Crippen molar-refractivity contribution in [2.75, 3.05) is 24.3 Å². The maximum absolute atomic E-state index is 9.20. The molecule has 2 aromatic rings. The molecule has 0 aliphatic carbocycles. The molecule has 1 aliphatic rings. The number of nitrogens with one attached hydrogen (secondary N) is 1. The van der Waals surface area contributed by atoms with Crippen LogP contribution in [0.4, 0.5) is 17.1 Å². The third-order valence-electron chi connectivity index (χ3n) is 3.09. The highest BCUT2D eigenvalue weighted by atomic mass is 79.9. The number of hydrogen-bond donors (Lipinski definition) is 2. The lowest BCUT2D eigenvalue weighted by molar-refractivity contribution is 0.172. The number of benzene rings is 2. The molecule has 0 spiro atoms. The Bertz CT molecular complexity index is 740. The minimum atomic E-state index is 0.512. The van der Waals surface area contributed by atoms with Crippen molar-refractivity contribution in [3.63, 3.8) is 0 Å². The van der Waals surface area contributed by atoms with Gasteiger partial charge in [0.2, 0.25) is 0 Å². The molecule has 3 rings (SSSR count). The molecule has 0 unspecified atom stereocenters. The minimum Gasteiger partial charge on any atom is -0.486 e. The van der Waals surface area contributed by atoms with Crippen LogP contribution < -0.4 is 20.5 Å². The molecule has 106 valence electrons. The lowest BCUT2D eigenvalue weighted by Gasteiger charge is -2.20. The number of nitrogens with zero attached hydrogens (tertiary/aromatic N) is 1. The van der Waals surface area contributed by atoms with Crippen molar-refractivity contribution in [2.45, 2.75) is 0 Å². The summed E-state index contributed by atoms with van der Waals surface area (Å²) in [4.78, 5) is 0. The summed E-state index contributed by atoms with van der Waals surface area (Å²) >= 11 is 3.35. The molecule has 6 heteroatoms. The Hall–Kier alpha value is -2.39. The average molecular weight is 346 g/mol. The first kappa shape index (κ1) is 13.6. The fourth-order valence-electron chi connectivity index (χ4n) is 2.08. The normalized spacial score (nSPS) is 12.6. The van der Waals surface area contributed by atoms with Gasteiger partial charge in [0, 0.05) is 16.6 Å². The number of hydrogen-bond acceptors (Lipinski definition) is 5. The van der Waals surface area contributed by atoms with E-state index < -0.39 is 0 Å². The number of ether oxygens (including phenoxy) is 2. The van der Waals surface area contributed by atoms with Crippen LogP contribution in [-0.2, 0) is 0 Å². The fourth-order valence-corrected chi connectivity index (χ4v) is 2.44. The summed E-state index contributed by atoms with van der Waals surface area (Å²) in [5.41, 5.74) is 8.45. The average Bonchev–Trinajstić information content (AvgIpc) is 2.49. The van der Waals surface area contributed by atoms with Gasteiger partial charge in [-0.25, -0.2) is 0 Å². The van der Waals surface area contributed by atoms with Crippen LogP contribution in [0.2, 0.25) is 0 Å². The lowest BCUT2D eigenvalue weighted by atomic mass is 10.1. The van der Waals surface area contributed by atoms with Gasteiger partial charge in [0.05, 0.1) is 22.6 Å². The highest BCUT2D eigenvalue weighted by Gasteiger charge is 2.15. The van der Waals surface area contributed by atoms with Crippen molar-refractivity contribution in [3.8, 4) is 17.6 Å². The highest BCUT2D eigenvalue weighted by molar-refractivity contribution is 9.10. The highest BCUT2D eigenvalue weighted by Crippen LogP contribution is 2.38. The van der Waals surface area contributed by atoms with Crippen molar-refractivity contribution in [1.29, 1.82) is 5.26 Å². The molecule has 5 nitrogen and oxygen atoms in total. The summed E-state index contributed by atoms with van der Waals surface area (Å²) in [6, 6.07) is 11.1. The van der Waals surface area contributed by atoms with Gasteiger partial charge in [-0.05, 0) is 18.2 Å². The summed E-state index contributed by atoms with van der Waals surface area (Å²) in [6.45, 7) is 1.03. The topological polar surface area (TPSA) is 80.3 Å². The van der Waals surface area contributed by atoms with E-state index in [9.17, 15) is 5.26 Å². The minimum absolute atomic E-state index is 0.512. The second-order valence-electron chi connectivity index (χ2n) is 4.51. The third kappa shape index (κ3) is 2.73. The molecule has 3 N–H and O–H groups in total. The van der Waals surface area contributed by atoms with Gasteiger partial charge in [-0.3, -0.25) is 0 Å². The van der Waals surface area contributed by atoms with Crippen molar-refractivity contribution < 1.29 is 9.47 Å². The van der Waals surface area contributed by atoms with E-state index in [1.165, 1.54) is 0 Å². The second kappa shape index (κ2) is 5.54. The van der Waals surface area contributed by atoms with E-state index in [1.807, 2.05) is 12.1 Å². The number of nitriles is 1. The Morgan fingerprint density at radius 2 is 1.81 bits per heavy atom. The van der Waals surface area contributed by atoms with Gasteiger partial charge in [-0.15, -0.1) is 0 Å². The number of nitrogen functional groups attached to an aromatic ring is 1. The Balaban J connectivity index is 1.97. The van der Waals surface area contributed by atoms with E-state index in [1.54, 1.807) is 18.2 Å². The summed E-state index contributed by atoms with van der Waals surface area (Å²) in [6.07, 6.45) is 0. The van der Waals surface area contributed by atoms with E-state index in [0.717, 1.165) is 4.47 Å². The number of rotatable bonds is 2. The first-order chi connectivity index (χ1) is 10.2. The van der Waals surface area contributed by atoms with E-state index in [4.69, 9.17) is 15.2 Å². The van der Waals surface area contributed by atoms with Gasteiger partial charge in [-0.2, -0.15) is 5.26 Å². The molecule has 0 saturated heterocycles. The van der Waals surface area contributed by atoms with Gasteiger partial charge in [0.25, 0.3) is 0 Å². The summed E-state index contributed by atoms with van der Waals surface area (Å²) in [5.74, 6) is 1.29. The molecule has 2 aromatic carbocycles. The largest absolute Gasteiger partial charge is 0.486 e. The second-order valence-corrected chi connectivity index (χ2v) is 5.43. The lowest BCUT2D eigenvalue weighted by Crippen LogP contribution is -2.15. The molecule has 0 fully saturated rings. The van der Waals surface area contributed by atoms with Gasteiger partial charge in [0.15, 0.2) is 11.5 Å². The van der Waals surface area contributed by atoms with Gasteiger partial charge in [-0.1, -0.05) is 15.9 Å². The zero-order valence-corrected chi connectivity index (χ0v) is 12.6. The first-order valence-corrected chi connectivity index (χ1v) is 7.12. The monoisotopic (exact) mass is 345 g/mol. The molecule has 0 radical (unpaired) electrons. The van der Waals surface area contributed by atoms with E-state index >= 15 is 0 Å². The standard InChI is InChI=1S/C15H12BrN3O2/c16-10-1-2-12(9(5-10)8-17)19-13-7-15-14(6-11(13)18)20-3-4-21-15/h1-2,5-7,19H,3-4,18H2. The van der Waals surface area contributed by atoms with Crippen LogP contribution in [0, 0.1) is 11.3 Å². The maximum Gasteiger partial charge on any atom is 0.163 e. The van der Waals surface area contributed by atoms with Crippen LogP contribution in [0.1, 0.15) is 5.56 Å². The molecule has 1 aliphatic heterocycles. The third-order valence-corrected chi connectivity index (χ3v) is 3.58. The molecular formula is C15H12BrN3O2. The van der Waals surface area contributed by atoms with Crippen molar-refractivity contribution in [3.05, 3.63) is 40.4 Å². The molecule has 0 bridgehead atoms. The van der Waals surface area contributed by atoms with Gasteiger partial charge in [0.1, 0.15) is 19.3 Å². The molecule has 21 heavy (non-hydrogen) atoms. The fraction of sp³-hybridized carbons (Fsp3) is 0.133. The molecule has 1 heterocycles. The smallest absolute Gasteiger partial charge is 0.163 e. The quantitative estimate of drug-likeness (QED) is 0.815. The van der Waals surface area contributed by atoms with Crippen LogP contribution in [0.25, 0.3) is 0 Å². The van der Waals surface area contributed by atoms with E-state index in [2.05, 4.69) is 27.3 Å². The Labute approximate surface area is 130 Å². The van der Waals surface area contributed by atoms with Crippen LogP contribution in [-0.4, -0.2) is 13.2 Å². The number of anilines is 3. The van der Waals surface area contributed by atoms with Gasteiger partial charge < -0.3 is 20.5 Å². The molecule has 0 amide bonds. The summed E-state index contributed by atoms with van der Waals surface area (Å²) in [7, 11) is 0. The maximum atomic E-state index is 9.20. The Morgan fingerprint density at radius 1 is 1.10 bits per heavy atom. The van der Waals surface area contributed by atoms with Crippen LogP contribution in [0.5, 0.6) is 11.5 Å². The number of nitrogens with two attached hydrogens (primary N) is 1. The zero-order chi connectivity index (χ0) is 14.8. The predicted molar refractivity (Wildman–Crippen MR) is 84.0 cm³/mol. The van der Waals surface area contributed by atoms with E-state index in [0.29, 0.717) is 47.3 Å². The van der Waals surface area contributed by atoms with Crippen molar-refractivity contribution in [1.82, 2.24) is 0 Å². The summed E-state index contributed by atoms with van der Waals surface area (Å²) in [5, 5.41) is 12.4. The van der Waals surface area contributed by atoms with Crippen molar-refractivity contribution in [2.24, 2.45) is 0 Å². The number of fused-ring (bicyclic) bond motifs is 1. The molecule has 0 aromatic heterocycles. The number of halogens is 1. The van der Waals surface area contributed by atoms with Crippen molar-refractivity contribution >= 4 is 33.0 Å². The van der Waals surface area contributed by atoms with E-state index in [-0.39, 0.29) is 0 Å². The van der Waals surface area contributed by atoms with Gasteiger partial charge >= 0.3 is 0 Å². The zero-order valence-electron chi connectivity index (χ0n) is 11.0. The Morgan fingerprint density at radius 3 is 2.52 bits per heavy atom.